The summed E-state index contributed by atoms with van der Waals surface area (Å²) in [6.07, 6.45) is 3.69. The van der Waals surface area contributed by atoms with Crippen LogP contribution in [0.3, 0.4) is 0 Å². The number of rotatable bonds is 9. The van der Waals surface area contributed by atoms with Gasteiger partial charge in [0, 0.05) is 5.57 Å². The second-order valence-corrected chi connectivity index (χ2v) is 7.81. The van der Waals surface area contributed by atoms with Gasteiger partial charge in [0.1, 0.15) is 24.8 Å². The molecule has 0 spiro atoms. The first-order chi connectivity index (χ1) is 15.0. The molecule has 0 aromatic heterocycles. The fourth-order valence-corrected chi connectivity index (χ4v) is 3.10. The molecule has 0 amide bonds. The zero-order chi connectivity index (χ0) is 22.1. The van der Waals surface area contributed by atoms with Gasteiger partial charge in [-0.3, -0.25) is 0 Å². The molecule has 31 heavy (non-hydrogen) atoms. The van der Waals surface area contributed by atoms with Crippen LogP contribution in [-0.2, 0) is 22.7 Å². The Bertz CT molecular complexity index is 1070. The number of ether oxygens (including phenoxy) is 2. The number of halogens is 2. The van der Waals surface area contributed by atoms with E-state index in [1.165, 1.54) is 6.07 Å². The van der Waals surface area contributed by atoms with Crippen molar-refractivity contribution in [3.8, 4) is 0 Å². The molecule has 158 valence electrons. The molecule has 0 aliphatic carbocycles. The van der Waals surface area contributed by atoms with Gasteiger partial charge in [0.2, 0.25) is 0 Å². The molecule has 3 aromatic carbocycles. The van der Waals surface area contributed by atoms with Crippen LogP contribution in [0.5, 0.6) is 0 Å². The van der Waals surface area contributed by atoms with Crippen LogP contribution in [0.1, 0.15) is 23.6 Å². The van der Waals surface area contributed by atoms with Crippen molar-refractivity contribution < 1.29 is 13.9 Å². The maximum absolute atomic E-state index is 14.2. The molecular formula is C27H24BrFO2. The monoisotopic (exact) mass is 478 g/mol. The van der Waals surface area contributed by atoms with E-state index >= 15 is 0 Å². The summed E-state index contributed by atoms with van der Waals surface area (Å²) in [5.74, 6) is 0.841. The largest absolute Gasteiger partial charge is 0.494 e. The van der Waals surface area contributed by atoms with Gasteiger partial charge < -0.3 is 9.47 Å². The lowest BCUT2D eigenvalue weighted by molar-refractivity contribution is 0.201. The Kier molecular flexibility index (Phi) is 8.25. The minimum atomic E-state index is -0.347. The van der Waals surface area contributed by atoms with Crippen LogP contribution in [0.2, 0.25) is 0 Å². The van der Waals surface area contributed by atoms with Gasteiger partial charge in [0.25, 0.3) is 0 Å². The van der Waals surface area contributed by atoms with E-state index in [1.54, 1.807) is 6.07 Å². The van der Waals surface area contributed by atoms with Crippen LogP contribution in [0.4, 0.5) is 4.39 Å². The molecule has 0 aliphatic rings. The molecule has 0 saturated carbocycles. The summed E-state index contributed by atoms with van der Waals surface area (Å²) in [6, 6.07) is 24.7. The van der Waals surface area contributed by atoms with Gasteiger partial charge in [0.15, 0.2) is 0 Å². The third-order valence-corrected chi connectivity index (χ3v) is 5.22. The van der Waals surface area contributed by atoms with E-state index in [9.17, 15) is 4.39 Å². The lowest BCUT2D eigenvalue weighted by atomic mass is 10.0. The van der Waals surface area contributed by atoms with Gasteiger partial charge >= 0.3 is 0 Å². The van der Waals surface area contributed by atoms with Crippen LogP contribution in [0.25, 0.3) is 5.57 Å². The predicted molar refractivity (Wildman–Crippen MR) is 127 cm³/mol. The summed E-state index contributed by atoms with van der Waals surface area (Å²) in [6.45, 7) is 6.81. The first-order valence-corrected chi connectivity index (χ1v) is 10.7. The molecule has 0 saturated heterocycles. The van der Waals surface area contributed by atoms with Crippen molar-refractivity contribution in [2.75, 3.05) is 0 Å². The van der Waals surface area contributed by atoms with E-state index in [4.69, 9.17) is 9.47 Å². The molecule has 3 aromatic rings. The lowest BCUT2D eigenvalue weighted by Gasteiger charge is -2.14. The highest BCUT2D eigenvalue weighted by Crippen LogP contribution is 2.27. The van der Waals surface area contributed by atoms with E-state index in [0.717, 1.165) is 16.9 Å². The van der Waals surface area contributed by atoms with Crippen LogP contribution in [-0.4, -0.2) is 0 Å². The van der Waals surface area contributed by atoms with Crippen molar-refractivity contribution in [1.82, 2.24) is 0 Å². The zero-order valence-electron chi connectivity index (χ0n) is 17.4. The number of allylic oxidation sites excluding steroid dienone is 4. The van der Waals surface area contributed by atoms with Gasteiger partial charge in [-0.2, -0.15) is 0 Å². The Morgan fingerprint density at radius 1 is 0.871 bits per heavy atom. The van der Waals surface area contributed by atoms with Gasteiger partial charge in [-0.05, 0) is 63.8 Å². The standard InChI is InChI=1S/C27H24BrFO2/c1-20(30-18-22-9-5-3-6-10-22)13-15-25(24-14-16-26(28)27(29)17-24)21(2)31-19-23-11-7-4-8-12-23/h3-17H,2,18-19H2,1H3/b20-13+,25-15+. The first-order valence-electron chi connectivity index (χ1n) is 9.89. The quantitative estimate of drug-likeness (QED) is 0.230. The average molecular weight is 479 g/mol. The summed E-state index contributed by atoms with van der Waals surface area (Å²) in [4.78, 5) is 0. The van der Waals surface area contributed by atoms with Crippen LogP contribution < -0.4 is 0 Å². The van der Waals surface area contributed by atoms with Crippen LogP contribution in [0, 0.1) is 5.82 Å². The van der Waals surface area contributed by atoms with Gasteiger partial charge in [-0.1, -0.05) is 73.3 Å². The van der Waals surface area contributed by atoms with Crippen LogP contribution in [0.15, 0.2) is 114 Å². The van der Waals surface area contributed by atoms with Crippen molar-refractivity contribution in [2.24, 2.45) is 0 Å². The highest BCUT2D eigenvalue weighted by Gasteiger charge is 2.10. The number of hydrogen-bond acceptors (Lipinski definition) is 2. The Labute approximate surface area is 191 Å². The molecule has 2 nitrogen and oxygen atoms in total. The summed E-state index contributed by atoms with van der Waals surface area (Å²) >= 11 is 3.20. The Morgan fingerprint density at radius 3 is 2.03 bits per heavy atom. The Morgan fingerprint density at radius 2 is 1.45 bits per heavy atom. The SMILES string of the molecule is C=C(OCc1ccccc1)/C(=C\C=C(/C)OCc1ccccc1)c1ccc(Br)c(F)c1. The van der Waals surface area contributed by atoms with Crippen molar-refractivity contribution in [1.29, 1.82) is 0 Å². The van der Waals surface area contributed by atoms with Crippen molar-refractivity contribution >= 4 is 21.5 Å². The fourth-order valence-electron chi connectivity index (χ4n) is 2.86. The lowest BCUT2D eigenvalue weighted by Crippen LogP contribution is -1.97. The molecule has 0 N–H and O–H groups in total. The summed E-state index contributed by atoms with van der Waals surface area (Å²) in [5, 5.41) is 0. The minimum Gasteiger partial charge on any atom is -0.494 e. The molecule has 0 fully saturated rings. The average Bonchev–Trinajstić information content (AvgIpc) is 2.80. The first kappa shape index (κ1) is 22.6. The normalized spacial score (nSPS) is 11.8. The highest BCUT2D eigenvalue weighted by atomic mass is 79.9. The third kappa shape index (κ3) is 6.97. The molecule has 0 bridgehead atoms. The molecular weight excluding hydrogens is 455 g/mol. The topological polar surface area (TPSA) is 18.5 Å². The molecule has 0 radical (unpaired) electrons. The van der Waals surface area contributed by atoms with E-state index in [-0.39, 0.29) is 5.82 Å². The summed E-state index contributed by atoms with van der Waals surface area (Å²) in [7, 11) is 0. The van der Waals surface area contributed by atoms with Crippen LogP contribution >= 0.6 is 15.9 Å². The van der Waals surface area contributed by atoms with Crippen molar-refractivity contribution in [3.05, 3.63) is 136 Å². The van der Waals surface area contributed by atoms with E-state index in [0.29, 0.717) is 34.6 Å². The second kappa shape index (κ2) is 11.3. The second-order valence-electron chi connectivity index (χ2n) is 6.96. The Balaban J connectivity index is 1.78. The van der Waals surface area contributed by atoms with E-state index in [1.807, 2.05) is 85.8 Å². The number of benzene rings is 3. The summed E-state index contributed by atoms with van der Waals surface area (Å²) < 4.78 is 26.3. The van der Waals surface area contributed by atoms with E-state index in [2.05, 4.69) is 22.5 Å². The smallest absolute Gasteiger partial charge is 0.137 e. The fraction of sp³-hybridized carbons (Fsp3) is 0.111. The maximum atomic E-state index is 14.2. The predicted octanol–water partition coefficient (Wildman–Crippen LogP) is 7.82. The zero-order valence-corrected chi connectivity index (χ0v) is 18.9. The molecule has 0 aliphatic heterocycles. The molecule has 0 atom stereocenters. The molecule has 3 rings (SSSR count). The van der Waals surface area contributed by atoms with Gasteiger partial charge in [-0.15, -0.1) is 0 Å². The maximum Gasteiger partial charge on any atom is 0.137 e. The third-order valence-electron chi connectivity index (χ3n) is 4.58. The summed E-state index contributed by atoms with van der Waals surface area (Å²) in [5.41, 5.74) is 3.48. The van der Waals surface area contributed by atoms with Gasteiger partial charge in [0.05, 0.1) is 10.2 Å². The van der Waals surface area contributed by atoms with Gasteiger partial charge in [-0.25, -0.2) is 4.39 Å². The molecule has 0 heterocycles. The minimum absolute atomic E-state index is 0.347. The van der Waals surface area contributed by atoms with Crippen molar-refractivity contribution in [3.63, 3.8) is 0 Å². The van der Waals surface area contributed by atoms with Crippen molar-refractivity contribution in [2.45, 2.75) is 20.1 Å². The highest BCUT2D eigenvalue weighted by molar-refractivity contribution is 9.10. The number of hydrogen-bond donors (Lipinski definition) is 0. The molecule has 0 unspecified atom stereocenters. The Hall–Kier alpha value is -3.11. The molecule has 4 heteroatoms. The van der Waals surface area contributed by atoms with E-state index < -0.39 is 0 Å².